The molecule has 0 spiro atoms. The van der Waals surface area contributed by atoms with Gasteiger partial charge in [-0.15, -0.1) is 0 Å². The van der Waals surface area contributed by atoms with Gasteiger partial charge in [0.1, 0.15) is 5.82 Å². The maximum absolute atomic E-state index is 13.3. The average molecular weight is 294 g/mol. The summed E-state index contributed by atoms with van der Waals surface area (Å²) in [5.74, 6) is -0.255. The summed E-state index contributed by atoms with van der Waals surface area (Å²) in [6.07, 6.45) is 3.68. The highest BCUT2D eigenvalue weighted by Crippen LogP contribution is 2.44. The summed E-state index contributed by atoms with van der Waals surface area (Å²) >= 11 is 0. The molecule has 0 radical (unpaired) electrons. The van der Waals surface area contributed by atoms with Crippen molar-refractivity contribution >= 4 is 0 Å². The van der Waals surface area contributed by atoms with Crippen molar-refractivity contribution in [3.63, 3.8) is 0 Å². The third-order valence-corrected chi connectivity index (χ3v) is 4.81. The number of aliphatic hydroxyl groups excluding tert-OH is 1. The van der Waals surface area contributed by atoms with Crippen molar-refractivity contribution < 1.29 is 14.2 Å². The second kappa shape index (κ2) is 6.45. The lowest BCUT2D eigenvalue weighted by Gasteiger charge is -2.46. The first-order chi connectivity index (χ1) is 9.87. The molecule has 2 rings (SSSR count). The molecule has 1 N–H and O–H groups in total. The van der Waals surface area contributed by atoms with Crippen LogP contribution in [0.2, 0.25) is 0 Å². The van der Waals surface area contributed by atoms with Crippen molar-refractivity contribution in [2.24, 2.45) is 5.41 Å². The maximum Gasteiger partial charge on any atom is 0.123 e. The second-order valence-corrected chi connectivity index (χ2v) is 7.01. The summed E-state index contributed by atoms with van der Waals surface area (Å²) in [6.45, 7) is 7.10. The second-order valence-electron chi connectivity index (χ2n) is 7.01. The Kier molecular flexibility index (Phi) is 5.05. The Bertz CT molecular complexity index is 460. The molecule has 0 heterocycles. The van der Waals surface area contributed by atoms with E-state index in [-0.39, 0.29) is 5.82 Å². The van der Waals surface area contributed by atoms with E-state index in [9.17, 15) is 9.50 Å². The number of rotatable bonds is 5. The summed E-state index contributed by atoms with van der Waals surface area (Å²) in [6, 6.07) is 6.47. The molecule has 1 unspecified atom stereocenters. The summed E-state index contributed by atoms with van der Waals surface area (Å²) < 4.78 is 19.3. The average Bonchev–Trinajstić information content (AvgIpc) is 2.41. The fraction of sp³-hybridized carbons (Fsp3) is 0.667. The Morgan fingerprint density at radius 2 is 1.90 bits per heavy atom. The van der Waals surface area contributed by atoms with Crippen molar-refractivity contribution in [3.05, 3.63) is 35.6 Å². The van der Waals surface area contributed by atoms with Gasteiger partial charge in [0.2, 0.25) is 0 Å². The van der Waals surface area contributed by atoms with Crippen LogP contribution in [0.3, 0.4) is 0 Å². The molecule has 0 aromatic heterocycles. The van der Waals surface area contributed by atoms with Gasteiger partial charge in [0, 0.05) is 13.0 Å². The minimum atomic E-state index is -0.588. The van der Waals surface area contributed by atoms with E-state index in [4.69, 9.17) is 4.74 Å². The molecule has 1 aliphatic rings. The molecule has 118 valence electrons. The van der Waals surface area contributed by atoms with E-state index in [2.05, 4.69) is 13.8 Å². The van der Waals surface area contributed by atoms with Crippen LogP contribution in [0, 0.1) is 11.2 Å². The highest BCUT2D eigenvalue weighted by molar-refractivity contribution is 5.18. The molecule has 0 bridgehead atoms. The smallest absolute Gasteiger partial charge is 0.123 e. The topological polar surface area (TPSA) is 29.5 Å². The zero-order valence-electron chi connectivity index (χ0n) is 13.4. The van der Waals surface area contributed by atoms with E-state index >= 15 is 0 Å². The van der Waals surface area contributed by atoms with Crippen molar-refractivity contribution in [2.45, 2.75) is 64.6 Å². The van der Waals surface area contributed by atoms with Gasteiger partial charge in [-0.1, -0.05) is 26.0 Å². The lowest BCUT2D eigenvalue weighted by atomic mass is 9.68. The standard InChI is InChI=1S/C18H27FO2/c1-4-21-18(10-8-17(2,3)9-11-18)16(20)13-14-6-5-7-15(19)12-14/h5-7,12,16,20H,4,8-11,13H2,1-3H3. The van der Waals surface area contributed by atoms with E-state index in [1.54, 1.807) is 6.07 Å². The maximum atomic E-state index is 13.3. The van der Waals surface area contributed by atoms with Gasteiger partial charge < -0.3 is 9.84 Å². The molecular weight excluding hydrogens is 267 g/mol. The monoisotopic (exact) mass is 294 g/mol. The quantitative estimate of drug-likeness (QED) is 0.885. The van der Waals surface area contributed by atoms with Crippen LogP contribution in [0.25, 0.3) is 0 Å². The summed E-state index contributed by atoms with van der Waals surface area (Å²) in [7, 11) is 0. The molecule has 0 saturated heterocycles. The molecule has 1 atom stereocenters. The molecule has 0 amide bonds. The van der Waals surface area contributed by atoms with E-state index in [1.165, 1.54) is 12.1 Å². The Morgan fingerprint density at radius 1 is 1.24 bits per heavy atom. The molecule has 2 nitrogen and oxygen atoms in total. The SMILES string of the molecule is CCOC1(C(O)Cc2cccc(F)c2)CCC(C)(C)CC1. The Balaban J connectivity index is 2.11. The predicted octanol–water partition coefficient (Wildman–Crippen LogP) is 4.10. The summed E-state index contributed by atoms with van der Waals surface area (Å²) in [5.41, 5.74) is 0.668. The van der Waals surface area contributed by atoms with Crippen LogP contribution in [0.5, 0.6) is 0 Å². The summed E-state index contributed by atoms with van der Waals surface area (Å²) in [5, 5.41) is 10.7. The minimum Gasteiger partial charge on any atom is -0.390 e. The normalized spacial score (nSPS) is 22.0. The molecule has 0 aliphatic heterocycles. The first-order valence-corrected chi connectivity index (χ1v) is 7.93. The molecule has 1 aromatic rings. The van der Waals surface area contributed by atoms with Crippen molar-refractivity contribution in [1.29, 1.82) is 0 Å². The Morgan fingerprint density at radius 3 is 2.48 bits per heavy atom. The summed E-state index contributed by atoms with van der Waals surface area (Å²) in [4.78, 5) is 0. The number of ether oxygens (including phenoxy) is 1. The molecule has 3 heteroatoms. The molecular formula is C18H27FO2. The van der Waals surface area contributed by atoms with Gasteiger partial charge in [-0.2, -0.15) is 0 Å². The first-order valence-electron chi connectivity index (χ1n) is 7.93. The lowest BCUT2D eigenvalue weighted by Crippen LogP contribution is -2.50. The van der Waals surface area contributed by atoms with Gasteiger partial charge in [-0.3, -0.25) is 0 Å². The van der Waals surface area contributed by atoms with Crippen LogP contribution < -0.4 is 0 Å². The van der Waals surface area contributed by atoms with Gasteiger partial charge in [0.05, 0.1) is 11.7 Å². The predicted molar refractivity (Wildman–Crippen MR) is 82.7 cm³/mol. The Hall–Kier alpha value is -0.930. The van der Waals surface area contributed by atoms with Crippen LogP contribution in [0.1, 0.15) is 52.0 Å². The molecule has 21 heavy (non-hydrogen) atoms. The fourth-order valence-corrected chi connectivity index (χ4v) is 3.28. The number of hydrogen-bond donors (Lipinski definition) is 1. The zero-order chi connectivity index (χ0) is 15.5. The van der Waals surface area contributed by atoms with E-state index in [1.807, 2.05) is 13.0 Å². The van der Waals surface area contributed by atoms with Gasteiger partial charge in [0.15, 0.2) is 0 Å². The van der Waals surface area contributed by atoms with Gasteiger partial charge >= 0.3 is 0 Å². The van der Waals surface area contributed by atoms with Gasteiger partial charge in [0.25, 0.3) is 0 Å². The highest BCUT2D eigenvalue weighted by Gasteiger charge is 2.44. The van der Waals surface area contributed by atoms with Crippen LogP contribution in [0.15, 0.2) is 24.3 Å². The number of aliphatic hydroxyl groups is 1. The van der Waals surface area contributed by atoms with E-state index in [0.717, 1.165) is 31.2 Å². The van der Waals surface area contributed by atoms with Crippen molar-refractivity contribution in [1.82, 2.24) is 0 Å². The molecule has 1 fully saturated rings. The van der Waals surface area contributed by atoms with E-state index < -0.39 is 11.7 Å². The Labute approximate surface area is 127 Å². The molecule has 1 aromatic carbocycles. The highest BCUT2D eigenvalue weighted by atomic mass is 19.1. The number of hydrogen-bond acceptors (Lipinski definition) is 2. The third kappa shape index (κ3) is 4.04. The van der Waals surface area contributed by atoms with Crippen LogP contribution in [-0.2, 0) is 11.2 Å². The number of benzene rings is 1. The minimum absolute atomic E-state index is 0.255. The molecule has 1 saturated carbocycles. The van der Waals surface area contributed by atoms with E-state index in [0.29, 0.717) is 18.4 Å². The molecule has 1 aliphatic carbocycles. The van der Waals surface area contributed by atoms with Crippen molar-refractivity contribution in [2.75, 3.05) is 6.61 Å². The van der Waals surface area contributed by atoms with Gasteiger partial charge in [-0.25, -0.2) is 4.39 Å². The van der Waals surface area contributed by atoms with Gasteiger partial charge in [-0.05, 0) is 55.7 Å². The largest absolute Gasteiger partial charge is 0.390 e. The van der Waals surface area contributed by atoms with Crippen LogP contribution in [-0.4, -0.2) is 23.4 Å². The number of halogens is 1. The van der Waals surface area contributed by atoms with Crippen LogP contribution >= 0.6 is 0 Å². The third-order valence-electron chi connectivity index (χ3n) is 4.81. The zero-order valence-corrected chi connectivity index (χ0v) is 13.4. The van der Waals surface area contributed by atoms with Crippen molar-refractivity contribution in [3.8, 4) is 0 Å². The fourth-order valence-electron chi connectivity index (χ4n) is 3.28. The van der Waals surface area contributed by atoms with Crippen LogP contribution in [0.4, 0.5) is 4.39 Å². The lowest BCUT2D eigenvalue weighted by molar-refractivity contribution is -0.150. The first kappa shape index (κ1) is 16.4.